The van der Waals surface area contributed by atoms with Crippen LogP contribution in [0.25, 0.3) is 0 Å². The van der Waals surface area contributed by atoms with Crippen LogP contribution in [0.5, 0.6) is 0 Å². The van der Waals surface area contributed by atoms with Gasteiger partial charge in [0, 0.05) is 23.0 Å². The molecule has 168 valence electrons. The topological polar surface area (TPSA) is 88.4 Å². The highest BCUT2D eigenvalue weighted by Gasteiger charge is 2.22. The van der Waals surface area contributed by atoms with E-state index in [1.54, 1.807) is 30.3 Å². The van der Waals surface area contributed by atoms with E-state index in [0.29, 0.717) is 11.3 Å². The van der Waals surface area contributed by atoms with E-state index in [2.05, 4.69) is 29.7 Å². The summed E-state index contributed by atoms with van der Waals surface area (Å²) in [6, 6.07) is 27.2. The van der Waals surface area contributed by atoms with Crippen LogP contribution in [-0.2, 0) is 15.6 Å². The molecule has 0 aliphatic carbocycles. The number of amides is 1. The maximum absolute atomic E-state index is 12.8. The molecule has 0 saturated carbocycles. The van der Waals surface area contributed by atoms with E-state index in [4.69, 9.17) is 4.42 Å². The van der Waals surface area contributed by atoms with Crippen molar-refractivity contribution in [2.24, 2.45) is 0 Å². The maximum Gasteiger partial charge on any atom is 0.291 e. The Kier molecular flexibility index (Phi) is 6.60. The molecule has 6 nitrogen and oxygen atoms in total. The van der Waals surface area contributed by atoms with Crippen molar-refractivity contribution >= 4 is 27.1 Å². The molecule has 4 rings (SSSR count). The number of anilines is 2. The molecular weight excluding hydrogens is 436 g/mol. The van der Waals surface area contributed by atoms with Crippen LogP contribution < -0.4 is 10.6 Å². The minimum absolute atomic E-state index is 0.0191. The molecular formula is C26H24N2O4S. The second kappa shape index (κ2) is 9.75. The summed E-state index contributed by atoms with van der Waals surface area (Å²) in [5, 5.41) is 6.19. The average Bonchev–Trinajstić information content (AvgIpc) is 3.29. The van der Waals surface area contributed by atoms with Crippen LogP contribution in [0, 0.1) is 0 Å². The molecule has 0 spiro atoms. The fourth-order valence-corrected chi connectivity index (χ4v) is 4.85. The Hall–Kier alpha value is -3.84. The van der Waals surface area contributed by atoms with E-state index in [9.17, 15) is 13.2 Å². The Bertz CT molecular complexity index is 1320. The zero-order chi connectivity index (χ0) is 23.3. The van der Waals surface area contributed by atoms with Gasteiger partial charge in [0.25, 0.3) is 5.91 Å². The predicted octanol–water partition coefficient (Wildman–Crippen LogP) is 5.68. The lowest BCUT2D eigenvalue weighted by Gasteiger charge is -2.16. The second-order valence-electron chi connectivity index (χ2n) is 7.66. The highest BCUT2D eigenvalue weighted by atomic mass is 32.2. The molecule has 0 fully saturated rings. The molecule has 0 aliphatic rings. The molecule has 1 aromatic heterocycles. The smallest absolute Gasteiger partial charge is 0.291 e. The largest absolute Gasteiger partial charge is 0.459 e. The highest BCUT2D eigenvalue weighted by Crippen LogP contribution is 2.23. The third-order valence-corrected chi connectivity index (χ3v) is 6.91. The van der Waals surface area contributed by atoms with Gasteiger partial charge < -0.3 is 15.1 Å². The lowest BCUT2D eigenvalue weighted by Crippen LogP contribution is -2.15. The van der Waals surface area contributed by atoms with Crippen molar-refractivity contribution in [3.63, 3.8) is 0 Å². The molecule has 0 saturated heterocycles. The van der Waals surface area contributed by atoms with E-state index in [1.807, 2.05) is 30.3 Å². The molecule has 33 heavy (non-hydrogen) atoms. The standard InChI is InChI=1S/C26H24N2O4S/c1-19(20-8-4-2-5-9-20)27-22-12-14-23(15-13-22)28-26(29)25-21(16-17-32-25)18-33(30,31)24-10-6-3-7-11-24/h2-17,19,27H,18H2,1H3,(H,28,29). The summed E-state index contributed by atoms with van der Waals surface area (Å²) in [5.41, 5.74) is 2.97. The third kappa shape index (κ3) is 5.51. The van der Waals surface area contributed by atoms with Crippen molar-refractivity contribution in [3.05, 3.63) is 114 Å². The van der Waals surface area contributed by atoms with Gasteiger partial charge in [0.15, 0.2) is 15.6 Å². The fraction of sp³-hybridized carbons (Fsp3) is 0.115. The van der Waals surface area contributed by atoms with E-state index in [0.717, 1.165) is 5.69 Å². The molecule has 1 atom stereocenters. The Morgan fingerprint density at radius 1 is 0.848 bits per heavy atom. The lowest BCUT2D eigenvalue weighted by molar-refractivity contribution is 0.0996. The summed E-state index contributed by atoms with van der Waals surface area (Å²) in [4.78, 5) is 13.0. The van der Waals surface area contributed by atoms with Crippen LogP contribution in [0.4, 0.5) is 11.4 Å². The maximum atomic E-state index is 12.8. The van der Waals surface area contributed by atoms with E-state index >= 15 is 0 Å². The van der Waals surface area contributed by atoms with Crippen molar-refractivity contribution < 1.29 is 17.6 Å². The van der Waals surface area contributed by atoms with Crippen LogP contribution in [0.3, 0.4) is 0 Å². The molecule has 3 aromatic carbocycles. The predicted molar refractivity (Wildman–Crippen MR) is 129 cm³/mol. The summed E-state index contributed by atoms with van der Waals surface area (Å²) in [6.07, 6.45) is 1.32. The molecule has 1 heterocycles. The molecule has 0 bridgehead atoms. The normalized spacial score (nSPS) is 12.2. The number of hydrogen-bond donors (Lipinski definition) is 2. The van der Waals surface area contributed by atoms with E-state index in [-0.39, 0.29) is 22.5 Å². The zero-order valence-corrected chi connectivity index (χ0v) is 18.9. The van der Waals surface area contributed by atoms with Crippen molar-refractivity contribution in [2.75, 3.05) is 10.6 Å². The fourth-order valence-electron chi connectivity index (χ4n) is 3.48. The molecule has 1 amide bonds. The molecule has 7 heteroatoms. The van der Waals surface area contributed by atoms with Gasteiger partial charge >= 0.3 is 0 Å². The summed E-state index contributed by atoms with van der Waals surface area (Å²) >= 11 is 0. The third-order valence-electron chi connectivity index (χ3n) is 5.23. The van der Waals surface area contributed by atoms with Crippen molar-refractivity contribution in [1.82, 2.24) is 0 Å². The number of furan rings is 1. The molecule has 0 aliphatic heterocycles. The van der Waals surface area contributed by atoms with Gasteiger partial charge in [-0.3, -0.25) is 4.79 Å². The first-order valence-electron chi connectivity index (χ1n) is 10.5. The SMILES string of the molecule is CC(Nc1ccc(NC(=O)c2occc2CS(=O)(=O)c2ccccc2)cc1)c1ccccc1. The number of benzene rings is 3. The first-order chi connectivity index (χ1) is 15.9. The highest BCUT2D eigenvalue weighted by molar-refractivity contribution is 7.90. The molecule has 2 N–H and O–H groups in total. The number of carbonyl (C=O) groups is 1. The Morgan fingerprint density at radius 3 is 2.12 bits per heavy atom. The first kappa shape index (κ1) is 22.4. The van der Waals surface area contributed by atoms with E-state index < -0.39 is 15.7 Å². The van der Waals surface area contributed by atoms with Gasteiger partial charge in [-0.1, -0.05) is 48.5 Å². The van der Waals surface area contributed by atoms with Gasteiger partial charge in [0.2, 0.25) is 0 Å². The lowest BCUT2D eigenvalue weighted by atomic mass is 10.1. The average molecular weight is 461 g/mol. The van der Waals surface area contributed by atoms with Crippen LogP contribution in [0.1, 0.15) is 34.6 Å². The van der Waals surface area contributed by atoms with Crippen molar-refractivity contribution in [1.29, 1.82) is 0 Å². The summed E-state index contributed by atoms with van der Waals surface area (Å²) in [5.74, 6) is -0.845. The summed E-state index contributed by atoms with van der Waals surface area (Å²) in [7, 11) is -3.60. The van der Waals surface area contributed by atoms with Crippen LogP contribution in [0.15, 0.2) is 107 Å². The second-order valence-corrected chi connectivity index (χ2v) is 9.64. The number of hydrogen-bond acceptors (Lipinski definition) is 5. The number of nitrogens with one attached hydrogen (secondary N) is 2. The monoisotopic (exact) mass is 460 g/mol. The van der Waals surface area contributed by atoms with Gasteiger partial charge in [-0.15, -0.1) is 0 Å². The van der Waals surface area contributed by atoms with Gasteiger partial charge in [-0.05, 0) is 55.0 Å². The van der Waals surface area contributed by atoms with Gasteiger partial charge in [0.05, 0.1) is 16.9 Å². The molecule has 0 radical (unpaired) electrons. The van der Waals surface area contributed by atoms with Crippen LogP contribution in [-0.4, -0.2) is 14.3 Å². The van der Waals surface area contributed by atoms with E-state index in [1.165, 1.54) is 30.0 Å². The minimum Gasteiger partial charge on any atom is -0.459 e. The Morgan fingerprint density at radius 2 is 1.45 bits per heavy atom. The molecule has 4 aromatic rings. The Balaban J connectivity index is 1.42. The number of carbonyl (C=O) groups excluding carboxylic acids is 1. The van der Waals surface area contributed by atoms with Crippen molar-refractivity contribution in [2.45, 2.75) is 23.6 Å². The first-order valence-corrected chi connectivity index (χ1v) is 12.1. The summed E-state index contributed by atoms with van der Waals surface area (Å²) < 4.78 is 30.7. The molecule has 1 unspecified atom stereocenters. The van der Waals surface area contributed by atoms with Crippen LogP contribution in [0.2, 0.25) is 0 Å². The van der Waals surface area contributed by atoms with Gasteiger partial charge in [-0.2, -0.15) is 0 Å². The minimum atomic E-state index is -3.60. The van der Waals surface area contributed by atoms with Gasteiger partial charge in [-0.25, -0.2) is 8.42 Å². The number of rotatable bonds is 8. The number of sulfone groups is 1. The zero-order valence-electron chi connectivity index (χ0n) is 18.1. The van der Waals surface area contributed by atoms with Crippen molar-refractivity contribution in [3.8, 4) is 0 Å². The Labute approximate surface area is 193 Å². The van der Waals surface area contributed by atoms with Crippen LogP contribution >= 0.6 is 0 Å². The van der Waals surface area contributed by atoms with Gasteiger partial charge in [0.1, 0.15) is 0 Å². The quantitative estimate of drug-likeness (QED) is 0.353. The summed E-state index contributed by atoms with van der Waals surface area (Å²) in [6.45, 7) is 2.08.